The van der Waals surface area contributed by atoms with Gasteiger partial charge >= 0.3 is 0 Å². The first kappa shape index (κ1) is 11.3. The summed E-state index contributed by atoms with van der Waals surface area (Å²) in [4.78, 5) is 15.9. The van der Waals surface area contributed by atoms with Gasteiger partial charge in [0.1, 0.15) is 5.82 Å². The Bertz CT molecular complexity index is 555. The van der Waals surface area contributed by atoms with Gasteiger partial charge in [0.05, 0.1) is 11.3 Å². The van der Waals surface area contributed by atoms with Crippen molar-refractivity contribution in [1.29, 1.82) is 0 Å². The number of rotatable bonds is 2. The van der Waals surface area contributed by atoms with Crippen LogP contribution in [0.3, 0.4) is 0 Å². The van der Waals surface area contributed by atoms with E-state index in [9.17, 15) is 9.18 Å². The fourth-order valence-electron chi connectivity index (χ4n) is 1.48. The highest BCUT2D eigenvalue weighted by molar-refractivity contribution is 6.04. The summed E-state index contributed by atoms with van der Waals surface area (Å²) in [6, 6.07) is 9.36. The molecule has 0 bridgehead atoms. The van der Waals surface area contributed by atoms with Crippen molar-refractivity contribution < 1.29 is 9.18 Å². The van der Waals surface area contributed by atoms with Gasteiger partial charge in [0, 0.05) is 11.9 Å². The lowest BCUT2D eigenvalue weighted by Gasteiger charge is -2.07. The lowest BCUT2D eigenvalue weighted by molar-refractivity contribution is 0.102. The first-order valence-electron chi connectivity index (χ1n) is 5.16. The normalized spacial score (nSPS) is 10.0. The number of para-hydroxylation sites is 1. The van der Waals surface area contributed by atoms with Gasteiger partial charge in [-0.15, -0.1) is 0 Å². The van der Waals surface area contributed by atoms with Gasteiger partial charge in [0.25, 0.3) is 5.91 Å². The van der Waals surface area contributed by atoms with Gasteiger partial charge in [-0.1, -0.05) is 12.1 Å². The molecule has 2 rings (SSSR count). The molecule has 0 unspecified atom stereocenters. The van der Waals surface area contributed by atoms with E-state index in [1.165, 1.54) is 12.1 Å². The van der Waals surface area contributed by atoms with Gasteiger partial charge in [-0.3, -0.25) is 9.78 Å². The molecule has 4 heteroatoms. The molecule has 1 amide bonds. The van der Waals surface area contributed by atoms with Crippen LogP contribution in [0.25, 0.3) is 0 Å². The number of pyridine rings is 1. The predicted octanol–water partition coefficient (Wildman–Crippen LogP) is 2.78. The quantitative estimate of drug-likeness (QED) is 0.861. The van der Waals surface area contributed by atoms with Gasteiger partial charge in [-0.05, 0) is 31.2 Å². The molecular formula is C13H11FN2O. The molecule has 1 N–H and O–H groups in total. The lowest BCUT2D eigenvalue weighted by Crippen LogP contribution is -2.14. The Hall–Kier alpha value is -2.23. The van der Waals surface area contributed by atoms with Gasteiger partial charge in [0.2, 0.25) is 0 Å². The smallest absolute Gasteiger partial charge is 0.257 e. The number of aromatic nitrogens is 1. The highest BCUT2D eigenvalue weighted by atomic mass is 19.1. The summed E-state index contributed by atoms with van der Waals surface area (Å²) in [6.45, 7) is 1.73. The second-order valence-corrected chi connectivity index (χ2v) is 3.57. The van der Waals surface area contributed by atoms with Crippen LogP contribution in [0.5, 0.6) is 0 Å². The number of nitrogens with zero attached hydrogens (tertiary/aromatic N) is 1. The maximum atomic E-state index is 13.3. The van der Waals surface area contributed by atoms with Gasteiger partial charge in [-0.2, -0.15) is 0 Å². The first-order valence-corrected chi connectivity index (χ1v) is 5.16. The van der Waals surface area contributed by atoms with Crippen molar-refractivity contribution in [2.45, 2.75) is 6.92 Å². The van der Waals surface area contributed by atoms with Crippen molar-refractivity contribution in [3.05, 3.63) is 59.7 Å². The van der Waals surface area contributed by atoms with E-state index in [1.54, 1.807) is 37.4 Å². The minimum absolute atomic E-state index is 0.167. The van der Waals surface area contributed by atoms with Crippen LogP contribution in [-0.4, -0.2) is 10.9 Å². The molecule has 3 nitrogen and oxygen atoms in total. The largest absolute Gasteiger partial charge is 0.319 e. The topological polar surface area (TPSA) is 42.0 Å². The number of aryl methyl sites for hydroxylation is 1. The van der Waals surface area contributed by atoms with E-state index in [1.807, 2.05) is 0 Å². The molecule has 1 heterocycles. The average molecular weight is 230 g/mol. The average Bonchev–Trinajstić information content (AvgIpc) is 2.32. The van der Waals surface area contributed by atoms with E-state index in [0.717, 1.165) is 0 Å². The number of carbonyl (C=O) groups excluding carboxylic acids is 1. The number of nitrogens with one attached hydrogen (secondary N) is 1. The molecule has 86 valence electrons. The molecule has 1 aromatic carbocycles. The number of anilines is 1. The summed E-state index contributed by atoms with van der Waals surface area (Å²) >= 11 is 0. The van der Waals surface area contributed by atoms with Crippen molar-refractivity contribution in [2.24, 2.45) is 0 Å². The Labute approximate surface area is 98.3 Å². The Morgan fingerprint density at radius 1 is 1.24 bits per heavy atom. The van der Waals surface area contributed by atoms with E-state index in [0.29, 0.717) is 11.3 Å². The maximum absolute atomic E-state index is 13.3. The Morgan fingerprint density at radius 3 is 2.71 bits per heavy atom. The Kier molecular flexibility index (Phi) is 3.14. The standard InChI is InChI=1S/C13H11FN2O/c1-9-10(5-4-8-15-9)13(17)16-12-7-3-2-6-11(12)14/h2-8H,1H3,(H,16,17). The van der Waals surface area contributed by atoms with Crippen LogP contribution < -0.4 is 5.32 Å². The molecule has 0 saturated carbocycles. The SMILES string of the molecule is Cc1ncccc1C(=O)Nc1ccccc1F. The van der Waals surface area contributed by atoms with Crippen molar-refractivity contribution in [3.63, 3.8) is 0 Å². The van der Waals surface area contributed by atoms with E-state index in [4.69, 9.17) is 0 Å². The Morgan fingerprint density at radius 2 is 2.00 bits per heavy atom. The summed E-state index contributed by atoms with van der Waals surface area (Å²) in [7, 11) is 0. The number of benzene rings is 1. The van der Waals surface area contributed by atoms with Gasteiger partial charge in [0.15, 0.2) is 0 Å². The molecule has 0 fully saturated rings. The van der Waals surface area contributed by atoms with Crippen molar-refractivity contribution >= 4 is 11.6 Å². The molecule has 17 heavy (non-hydrogen) atoms. The third-order valence-electron chi connectivity index (χ3n) is 2.37. The minimum atomic E-state index is -0.456. The van der Waals surface area contributed by atoms with Crippen LogP contribution in [0.4, 0.5) is 10.1 Å². The summed E-state index contributed by atoms with van der Waals surface area (Å²) < 4.78 is 13.3. The third-order valence-corrected chi connectivity index (χ3v) is 2.37. The van der Waals surface area contributed by atoms with Crippen LogP contribution in [0, 0.1) is 12.7 Å². The van der Waals surface area contributed by atoms with Crippen LogP contribution >= 0.6 is 0 Å². The van der Waals surface area contributed by atoms with E-state index in [-0.39, 0.29) is 11.6 Å². The number of carbonyl (C=O) groups is 1. The lowest BCUT2D eigenvalue weighted by atomic mass is 10.2. The molecule has 1 aromatic heterocycles. The monoisotopic (exact) mass is 230 g/mol. The number of hydrogen-bond donors (Lipinski definition) is 1. The molecular weight excluding hydrogens is 219 g/mol. The van der Waals surface area contributed by atoms with Crippen molar-refractivity contribution in [2.75, 3.05) is 5.32 Å². The molecule has 0 saturated heterocycles. The summed E-state index contributed by atoms with van der Waals surface area (Å²) in [5.41, 5.74) is 1.22. The van der Waals surface area contributed by atoms with Gasteiger partial charge < -0.3 is 5.32 Å². The van der Waals surface area contributed by atoms with Crippen LogP contribution in [0.2, 0.25) is 0 Å². The molecule has 0 atom stereocenters. The van der Waals surface area contributed by atoms with Crippen molar-refractivity contribution in [1.82, 2.24) is 4.98 Å². The van der Waals surface area contributed by atoms with Crippen molar-refractivity contribution in [3.8, 4) is 0 Å². The van der Waals surface area contributed by atoms with E-state index >= 15 is 0 Å². The summed E-state index contributed by atoms with van der Waals surface area (Å²) in [5, 5.41) is 2.51. The molecule has 0 aliphatic rings. The highest BCUT2D eigenvalue weighted by Crippen LogP contribution is 2.14. The predicted molar refractivity (Wildman–Crippen MR) is 63.3 cm³/mol. The molecule has 2 aromatic rings. The molecule has 0 spiro atoms. The summed E-state index contributed by atoms with van der Waals surface area (Å²) in [5.74, 6) is -0.817. The number of amides is 1. The highest BCUT2D eigenvalue weighted by Gasteiger charge is 2.11. The van der Waals surface area contributed by atoms with Crippen LogP contribution in [-0.2, 0) is 0 Å². The zero-order chi connectivity index (χ0) is 12.3. The van der Waals surface area contributed by atoms with Crippen LogP contribution in [0.1, 0.15) is 16.1 Å². The van der Waals surface area contributed by atoms with Gasteiger partial charge in [-0.25, -0.2) is 4.39 Å². The molecule has 0 aliphatic heterocycles. The fourth-order valence-corrected chi connectivity index (χ4v) is 1.48. The van der Waals surface area contributed by atoms with Crippen LogP contribution in [0.15, 0.2) is 42.6 Å². The maximum Gasteiger partial charge on any atom is 0.257 e. The zero-order valence-electron chi connectivity index (χ0n) is 9.27. The molecule has 0 radical (unpaired) electrons. The second-order valence-electron chi connectivity index (χ2n) is 3.57. The summed E-state index contributed by atoms with van der Waals surface area (Å²) in [6.07, 6.45) is 1.61. The van der Waals surface area contributed by atoms with E-state index < -0.39 is 5.82 Å². The Balaban J connectivity index is 2.24. The number of hydrogen-bond acceptors (Lipinski definition) is 2. The number of halogens is 1. The fraction of sp³-hybridized carbons (Fsp3) is 0.0769. The molecule has 0 aliphatic carbocycles. The first-order chi connectivity index (χ1) is 8.18. The minimum Gasteiger partial charge on any atom is -0.319 e. The third kappa shape index (κ3) is 2.47. The second kappa shape index (κ2) is 4.74. The van der Waals surface area contributed by atoms with E-state index in [2.05, 4.69) is 10.3 Å². The zero-order valence-corrected chi connectivity index (χ0v) is 9.27.